The van der Waals surface area contributed by atoms with Crippen molar-refractivity contribution >= 4 is 41.6 Å². The number of guanidine groups is 1. The molecule has 0 aliphatic heterocycles. The number of aliphatic imine (C=N–C) groups is 1. The zero-order chi connectivity index (χ0) is 25.7. The van der Waals surface area contributed by atoms with Gasteiger partial charge in [-0.3, -0.25) is 19.4 Å². The Hall–Kier alpha value is -3.14. The Morgan fingerprint density at radius 1 is 1.03 bits per heavy atom. The van der Waals surface area contributed by atoms with E-state index in [4.69, 9.17) is 23.1 Å². The van der Waals surface area contributed by atoms with E-state index in [2.05, 4.69) is 20.9 Å². The van der Waals surface area contributed by atoms with Crippen LogP contribution in [-0.4, -0.2) is 54.6 Å². The number of nitrogens with one attached hydrogen (secondary N) is 3. The minimum absolute atomic E-state index is 0.0486. The van der Waals surface area contributed by atoms with E-state index in [1.54, 1.807) is 24.3 Å². The third-order valence-corrected chi connectivity index (χ3v) is 5.10. The second-order valence-electron chi connectivity index (χ2n) is 8.47. The molecule has 10 nitrogen and oxygen atoms in total. The summed E-state index contributed by atoms with van der Waals surface area (Å²) in [6, 6.07) is 4.33. The summed E-state index contributed by atoms with van der Waals surface area (Å²) in [5, 5.41) is 8.57. The van der Waals surface area contributed by atoms with E-state index < -0.39 is 29.9 Å². The predicted octanol–water partition coefficient (Wildman–Crippen LogP) is 0.655. The van der Waals surface area contributed by atoms with Crippen LogP contribution in [0.25, 0.3) is 0 Å². The van der Waals surface area contributed by atoms with Gasteiger partial charge in [-0.2, -0.15) is 0 Å². The van der Waals surface area contributed by atoms with Crippen LogP contribution in [0.15, 0.2) is 29.3 Å². The van der Waals surface area contributed by atoms with Crippen molar-refractivity contribution in [3.8, 4) is 0 Å². The van der Waals surface area contributed by atoms with Crippen LogP contribution < -0.4 is 27.4 Å². The van der Waals surface area contributed by atoms with Crippen molar-refractivity contribution in [1.29, 1.82) is 0 Å². The van der Waals surface area contributed by atoms with E-state index in [1.807, 2.05) is 13.8 Å². The van der Waals surface area contributed by atoms with Gasteiger partial charge in [0.2, 0.25) is 17.7 Å². The molecule has 3 amide bonds. The topological polar surface area (TPSA) is 169 Å². The highest BCUT2D eigenvalue weighted by atomic mass is 35.5. The molecule has 0 saturated carbocycles. The van der Waals surface area contributed by atoms with Crippen LogP contribution in [0, 0.1) is 5.92 Å². The maximum Gasteiger partial charge on any atom is 0.243 e. The van der Waals surface area contributed by atoms with Crippen molar-refractivity contribution < 1.29 is 19.2 Å². The van der Waals surface area contributed by atoms with Crippen molar-refractivity contribution in [2.24, 2.45) is 22.4 Å². The molecule has 0 fully saturated rings. The monoisotopic (exact) mass is 495 g/mol. The zero-order valence-electron chi connectivity index (χ0n) is 19.8. The van der Waals surface area contributed by atoms with Gasteiger partial charge in [-0.1, -0.05) is 37.6 Å². The molecule has 3 atom stereocenters. The Kier molecular flexibility index (Phi) is 12.7. The molecule has 1 rings (SSSR count). The van der Waals surface area contributed by atoms with E-state index in [-0.39, 0.29) is 24.2 Å². The molecular weight excluding hydrogens is 461 g/mol. The first-order chi connectivity index (χ1) is 16.0. The average Bonchev–Trinajstić information content (AvgIpc) is 2.75. The summed E-state index contributed by atoms with van der Waals surface area (Å²) >= 11 is 5.95. The second kappa shape index (κ2) is 14.9. The number of amides is 3. The van der Waals surface area contributed by atoms with Gasteiger partial charge in [0.1, 0.15) is 18.4 Å². The molecule has 0 aliphatic rings. The van der Waals surface area contributed by atoms with E-state index in [1.165, 1.54) is 6.92 Å². The molecule has 0 saturated heterocycles. The second-order valence-corrected chi connectivity index (χ2v) is 8.91. The minimum Gasteiger partial charge on any atom is -0.370 e. The highest BCUT2D eigenvalue weighted by Gasteiger charge is 2.28. The molecule has 34 heavy (non-hydrogen) atoms. The molecule has 7 N–H and O–H groups in total. The quantitative estimate of drug-likeness (QED) is 0.0834. The van der Waals surface area contributed by atoms with Gasteiger partial charge >= 0.3 is 0 Å². The fourth-order valence-electron chi connectivity index (χ4n) is 3.26. The van der Waals surface area contributed by atoms with Crippen LogP contribution in [0.2, 0.25) is 5.02 Å². The van der Waals surface area contributed by atoms with E-state index in [9.17, 15) is 19.2 Å². The number of aldehydes is 1. The Labute approximate surface area is 205 Å². The fraction of sp³-hybridized carbons (Fsp3) is 0.522. The SMILES string of the molecule is CC(=O)N[C@@H](CC(C)C)C(=O)N[C@@H](Cc1ccc(Cl)cc1)C(=O)N[C@@H](CCCN=C(N)N)[13CH]=O. The van der Waals surface area contributed by atoms with E-state index in [0.717, 1.165) is 5.56 Å². The molecule has 188 valence electrons. The minimum atomic E-state index is -0.975. The Balaban J connectivity index is 2.99. The maximum atomic E-state index is 13.1. The van der Waals surface area contributed by atoms with Crippen molar-refractivity contribution in [3.63, 3.8) is 0 Å². The lowest BCUT2D eigenvalue weighted by Gasteiger charge is -2.25. The number of nitrogens with two attached hydrogens (primary N) is 2. The summed E-state index contributed by atoms with van der Waals surface area (Å²) in [7, 11) is 0. The van der Waals surface area contributed by atoms with Gasteiger partial charge in [-0.15, -0.1) is 0 Å². The molecule has 0 bridgehead atoms. The summed E-state index contributed by atoms with van der Waals surface area (Å²) in [6.07, 6.45) is 2.02. The van der Waals surface area contributed by atoms with Gasteiger partial charge in [-0.05, 0) is 42.9 Å². The Bertz CT molecular complexity index is 856. The van der Waals surface area contributed by atoms with Crippen molar-refractivity contribution in [2.45, 2.75) is 64.6 Å². The average molecular weight is 496 g/mol. The normalized spacial score (nSPS) is 13.3. The highest BCUT2D eigenvalue weighted by Crippen LogP contribution is 2.12. The number of hydrogen-bond donors (Lipinski definition) is 5. The van der Waals surface area contributed by atoms with Crippen LogP contribution in [0.3, 0.4) is 0 Å². The number of rotatable bonds is 14. The molecule has 0 spiro atoms. The first kappa shape index (κ1) is 28.9. The van der Waals surface area contributed by atoms with Crippen LogP contribution >= 0.6 is 11.6 Å². The fourth-order valence-corrected chi connectivity index (χ4v) is 3.39. The largest absolute Gasteiger partial charge is 0.370 e. The third kappa shape index (κ3) is 11.6. The van der Waals surface area contributed by atoms with Gasteiger partial charge in [0, 0.05) is 24.9 Å². The molecule has 0 unspecified atom stereocenters. The number of halogens is 1. The highest BCUT2D eigenvalue weighted by molar-refractivity contribution is 6.30. The molecule has 0 radical (unpaired) electrons. The van der Waals surface area contributed by atoms with Crippen molar-refractivity contribution in [3.05, 3.63) is 34.9 Å². The smallest absolute Gasteiger partial charge is 0.243 e. The van der Waals surface area contributed by atoms with Gasteiger partial charge in [0.15, 0.2) is 5.96 Å². The van der Waals surface area contributed by atoms with Crippen LogP contribution in [0.5, 0.6) is 0 Å². The van der Waals surface area contributed by atoms with Crippen LogP contribution in [-0.2, 0) is 25.6 Å². The van der Waals surface area contributed by atoms with Crippen LogP contribution in [0.1, 0.15) is 45.6 Å². The van der Waals surface area contributed by atoms with Crippen molar-refractivity contribution in [1.82, 2.24) is 16.0 Å². The summed E-state index contributed by atoms with van der Waals surface area (Å²) in [4.78, 5) is 53.0. The number of carbonyl (C=O) groups is 4. The van der Waals surface area contributed by atoms with Gasteiger partial charge < -0.3 is 32.2 Å². The molecule has 1 aromatic rings. The first-order valence-corrected chi connectivity index (χ1v) is 11.5. The summed E-state index contributed by atoms with van der Waals surface area (Å²) in [5.74, 6) is -1.26. The molecule has 0 aliphatic carbocycles. The standard InChI is InChI=1S/C23H35ClN6O4/c1-14(2)11-19(28-15(3)32)22(34)30-20(12-16-6-8-17(24)9-7-16)21(33)29-18(13-31)5-4-10-27-23(25)26/h6-9,13-14,18-20H,4-5,10-12H2,1-3H3,(H,28,32)(H,29,33)(H,30,34)(H4,25,26,27)/t18-,19-,20-/m0/s1/i13+1. The summed E-state index contributed by atoms with van der Waals surface area (Å²) < 4.78 is 0. The molecular formula is C23H35ClN6O4. The predicted molar refractivity (Wildman–Crippen MR) is 132 cm³/mol. The maximum absolute atomic E-state index is 13.1. The van der Waals surface area contributed by atoms with Crippen LogP contribution in [0.4, 0.5) is 0 Å². The lowest BCUT2D eigenvalue weighted by Crippen LogP contribution is -2.55. The van der Waals surface area contributed by atoms with Gasteiger partial charge in [-0.25, -0.2) is 0 Å². The summed E-state index contributed by atoms with van der Waals surface area (Å²) in [5.41, 5.74) is 11.3. The lowest BCUT2D eigenvalue weighted by molar-refractivity contribution is -0.132. The molecule has 1 aromatic carbocycles. The number of nitrogens with zero attached hydrogens (tertiary/aromatic N) is 1. The first-order valence-electron chi connectivity index (χ1n) is 11.1. The molecule has 0 aromatic heterocycles. The summed E-state index contributed by atoms with van der Waals surface area (Å²) in [6.45, 7) is 5.50. The lowest BCUT2D eigenvalue weighted by atomic mass is 10.0. The third-order valence-electron chi connectivity index (χ3n) is 4.85. The Morgan fingerprint density at radius 3 is 2.18 bits per heavy atom. The van der Waals surface area contributed by atoms with Gasteiger partial charge in [0.05, 0.1) is 6.04 Å². The van der Waals surface area contributed by atoms with E-state index in [0.29, 0.717) is 37.1 Å². The molecule has 11 heteroatoms. The number of hydrogen-bond acceptors (Lipinski definition) is 5. The molecule has 0 heterocycles. The number of benzene rings is 1. The van der Waals surface area contributed by atoms with Gasteiger partial charge in [0.25, 0.3) is 0 Å². The zero-order valence-corrected chi connectivity index (χ0v) is 20.6. The Morgan fingerprint density at radius 2 is 1.65 bits per heavy atom. The van der Waals surface area contributed by atoms with Crippen molar-refractivity contribution in [2.75, 3.05) is 6.54 Å². The number of carbonyl (C=O) groups excluding carboxylic acids is 4. The van der Waals surface area contributed by atoms with E-state index >= 15 is 0 Å².